The van der Waals surface area contributed by atoms with E-state index in [2.05, 4.69) is 78.6 Å². The number of allylic oxidation sites excluding steroid dienone is 4. The van der Waals surface area contributed by atoms with Crippen LogP contribution in [0.5, 0.6) is 0 Å². The molecule has 21 heavy (non-hydrogen) atoms. The van der Waals surface area contributed by atoms with E-state index in [4.69, 9.17) is 0 Å². The van der Waals surface area contributed by atoms with E-state index in [9.17, 15) is 0 Å². The fourth-order valence-corrected chi connectivity index (χ4v) is 17.7. The molecule has 0 amide bonds. The summed E-state index contributed by atoms with van der Waals surface area (Å²) in [5, 5.41) is 7.71. The van der Waals surface area contributed by atoms with Gasteiger partial charge in [0.05, 0.1) is 32.3 Å². The molecule has 122 valence electrons. The van der Waals surface area contributed by atoms with Crippen LogP contribution in [0, 0.1) is 0 Å². The minimum atomic E-state index is -1.28. The molecule has 4 heteroatoms. The van der Waals surface area contributed by atoms with Crippen molar-refractivity contribution in [2.24, 2.45) is 0 Å². The summed E-state index contributed by atoms with van der Waals surface area (Å²) in [6.07, 6.45) is 1.35. The normalized spacial score (nSPS) is 18.9. The zero-order chi connectivity index (χ0) is 17.0. The van der Waals surface area contributed by atoms with Gasteiger partial charge < -0.3 is 0 Å². The lowest BCUT2D eigenvalue weighted by atomic mass is 10.5. The van der Waals surface area contributed by atoms with E-state index in [0.717, 1.165) is 0 Å². The Labute approximate surface area is 138 Å². The molecule has 1 aliphatic rings. The van der Waals surface area contributed by atoms with Gasteiger partial charge >= 0.3 is 0 Å². The summed E-state index contributed by atoms with van der Waals surface area (Å²) in [5.41, 5.74) is 0. The van der Waals surface area contributed by atoms with Crippen LogP contribution in [0.25, 0.3) is 0 Å². The summed E-state index contributed by atoms with van der Waals surface area (Å²) in [6.45, 7) is 30.9. The maximum atomic E-state index is 2.58. The smallest absolute Gasteiger partial charge is 0.0768 e. The van der Waals surface area contributed by atoms with E-state index in [1.807, 2.05) is 20.8 Å². The van der Waals surface area contributed by atoms with Crippen LogP contribution in [0.3, 0.4) is 0 Å². The number of hydrogen-bond donors (Lipinski definition) is 0. The summed E-state index contributed by atoms with van der Waals surface area (Å²) in [6, 6.07) is 0. The van der Waals surface area contributed by atoms with Gasteiger partial charge in [0, 0.05) is 0 Å². The highest BCUT2D eigenvalue weighted by Gasteiger charge is 2.44. The molecule has 0 aromatic rings. The van der Waals surface area contributed by atoms with Crippen molar-refractivity contribution in [2.75, 3.05) is 0 Å². The number of hydrogen-bond acceptors (Lipinski definition) is 0. The van der Waals surface area contributed by atoms with Crippen molar-refractivity contribution in [1.82, 2.24) is 0 Å². The molecular weight excluding hydrogens is 317 g/mol. The predicted molar refractivity (Wildman–Crippen MR) is 112 cm³/mol. The Morgan fingerprint density at radius 3 is 0.810 bits per heavy atom. The maximum Gasteiger partial charge on any atom is 0.0768 e. The zero-order valence-corrected chi connectivity index (χ0v) is 20.7. The van der Waals surface area contributed by atoms with Gasteiger partial charge in [-0.05, 0) is 6.42 Å². The number of rotatable bonds is 4. The van der Waals surface area contributed by atoms with Crippen LogP contribution < -0.4 is 0 Å². The van der Waals surface area contributed by atoms with Gasteiger partial charge in [-0.3, -0.25) is 0 Å². The molecular formula is C17H38Si4. The van der Waals surface area contributed by atoms with Gasteiger partial charge in [0.15, 0.2) is 0 Å². The van der Waals surface area contributed by atoms with Gasteiger partial charge in [-0.1, -0.05) is 99.3 Å². The second-order valence-corrected chi connectivity index (χ2v) is 31.1. The molecule has 0 spiro atoms. The standard InChI is InChI=1S/C17H38Si4/c1-18(2,3)14-13-15(19(4,5)6)17(21(10,11)12)16(14)20(7,8)9/h13H2,1-12H3. The highest BCUT2D eigenvalue weighted by atomic mass is 28.3. The monoisotopic (exact) mass is 354 g/mol. The SMILES string of the molecule is C[Si](C)(C)C1=C([Si](C)(C)C)C([Si](C)(C)C)=C([Si](C)(C)C)C1. The Balaban J connectivity index is 3.73. The molecule has 0 saturated heterocycles. The Bertz CT molecular complexity index is 437. The van der Waals surface area contributed by atoms with Crippen LogP contribution >= 0.6 is 0 Å². The lowest BCUT2D eigenvalue weighted by Gasteiger charge is -2.34. The van der Waals surface area contributed by atoms with Gasteiger partial charge in [-0.2, -0.15) is 0 Å². The Hall–Kier alpha value is 0.348. The molecule has 0 aromatic carbocycles. The van der Waals surface area contributed by atoms with Crippen LogP contribution in [-0.4, -0.2) is 32.3 Å². The van der Waals surface area contributed by atoms with E-state index in [1.54, 1.807) is 0 Å². The van der Waals surface area contributed by atoms with Crippen molar-refractivity contribution in [3.63, 3.8) is 0 Å². The average molecular weight is 355 g/mol. The fraction of sp³-hybridized carbons (Fsp3) is 0.765. The molecule has 0 heterocycles. The molecule has 0 bridgehead atoms. The third-order valence-corrected chi connectivity index (χ3v) is 13.8. The molecule has 0 aliphatic heterocycles. The van der Waals surface area contributed by atoms with Crippen molar-refractivity contribution >= 4 is 32.3 Å². The fourth-order valence-electron chi connectivity index (χ4n) is 3.59. The summed E-state index contributed by atoms with van der Waals surface area (Å²) in [7, 11) is -5.00. The van der Waals surface area contributed by atoms with Crippen molar-refractivity contribution in [2.45, 2.75) is 85.0 Å². The van der Waals surface area contributed by atoms with E-state index >= 15 is 0 Å². The first-order chi connectivity index (χ1) is 8.97. The molecule has 0 fully saturated rings. The molecule has 0 unspecified atom stereocenters. The third kappa shape index (κ3) is 4.21. The lowest BCUT2D eigenvalue weighted by Crippen LogP contribution is -2.38. The highest BCUT2D eigenvalue weighted by molar-refractivity contribution is 6.98. The van der Waals surface area contributed by atoms with Crippen molar-refractivity contribution in [3.05, 3.63) is 20.8 Å². The first-order valence-electron chi connectivity index (χ1n) is 8.46. The van der Waals surface area contributed by atoms with E-state index in [1.165, 1.54) is 6.42 Å². The van der Waals surface area contributed by atoms with Gasteiger partial charge in [0.25, 0.3) is 0 Å². The lowest BCUT2D eigenvalue weighted by molar-refractivity contribution is 1.28. The molecule has 0 N–H and O–H groups in total. The minimum Gasteiger partial charge on any atom is -0.0783 e. The molecule has 0 aromatic heterocycles. The second-order valence-electron chi connectivity index (χ2n) is 10.9. The third-order valence-electron chi connectivity index (χ3n) is 4.52. The van der Waals surface area contributed by atoms with Crippen LogP contribution in [0.2, 0.25) is 78.6 Å². The Kier molecular flexibility index (Phi) is 5.04. The summed E-state index contributed by atoms with van der Waals surface area (Å²) < 4.78 is 0. The molecule has 0 nitrogen and oxygen atoms in total. The van der Waals surface area contributed by atoms with Gasteiger partial charge in [-0.25, -0.2) is 0 Å². The maximum absolute atomic E-state index is 2.58. The van der Waals surface area contributed by atoms with E-state index in [-0.39, 0.29) is 0 Å². The average Bonchev–Trinajstić information content (AvgIpc) is 2.52. The van der Waals surface area contributed by atoms with Crippen molar-refractivity contribution < 1.29 is 0 Å². The second kappa shape index (κ2) is 5.46. The molecule has 0 atom stereocenters. The van der Waals surface area contributed by atoms with Gasteiger partial charge in [0.1, 0.15) is 0 Å². The Morgan fingerprint density at radius 1 is 0.429 bits per heavy atom. The van der Waals surface area contributed by atoms with Gasteiger partial charge in [0.2, 0.25) is 0 Å². The highest BCUT2D eigenvalue weighted by Crippen LogP contribution is 2.47. The van der Waals surface area contributed by atoms with Crippen molar-refractivity contribution in [1.29, 1.82) is 0 Å². The first-order valence-corrected chi connectivity index (χ1v) is 22.5. The van der Waals surface area contributed by atoms with Gasteiger partial charge in [-0.15, -0.1) is 0 Å². The predicted octanol–water partition coefficient (Wildman–Crippen LogP) is 6.49. The van der Waals surface area contributed by atoms with Crippen LogP contribution in [0.4, 0.5) is 0 Å². The minimum absolute atomic E-state index is 1.22. The van der Waals surface area contributed by atoms with Crippen LogP contribution in [0.1, 0.15) is 6.42 Å². The quantitative estimate of drug-likeness (QED) is 0.506. The van der Waals surface area contributed by atoms with Crippen LogP contribution in [-0.2, 0) is 0 Å². The zero-order valence-electron chi connectivity index (χ0n) is 16.7. The van der Waals surface area contributed by atoms with E-state index in [0.29, 0.717) is 0 Å². The summed E-state index contributed by atoms with van der Waals surface area (Å²) >= 11 is 0. The molecule has 0 radical (unpaired) electrons. The molecule has 0 saturated carbocycles. The molecule has 1 aliphatic carbocycles. The Morgan fingerprint density at radius 2 is 0.667 bits per heavy atom. The van der Waals surface area contributed by atoms with E-state index < -0.39 is 32.3 Å². The summed E-state index contributed by atoms with van der Waals surface area (Å²) in [4.78, 5) is 0. The largest absolute Gasteiger partial charge is 0.0783 e. The molecule has 1 rings (SSSR count). The van der Waals surface area contributed by atoms with Crippen molar-refractivity contribution in [3.8, 4) is 0 Å². The van der Waals surface area contributed by atoms with Crippen LogP contribution in [0.15, 0.2) is 20.8 Å². The summed E-state index contributed by atoms with van der Waals surface area (Å²) in [5.74, 6) is 0. The topological polar surface area (TPSA) is 0 Å². The first kappa shape index (κ1) is 19.4.